The van der Waals surface area contributed by atoms with Crippen LogP contribution >= 0.6 is 15.9 Å². The van der Waals surface area contributed by atoms with E-state index in [0.29, 0.717) is 6.61 Å². The zero-order chi connectivity index (χ0) is 24.6. The molecule has 0 rings (SSSR count). The Morgan fingerprint density at radius 1 is 0.235 bits per heavy atom. The van der Waals surface area contributed by atoms with Crippen molar-refractivity contribution in [1.29, 1.82) is 0 Å². The van der Waals surface area contributed by atoms with E-state index >= 15 is 0 Å². The molecule has 0 saturated carbocycles. The highest BCUT2D eigenvalue weighted by atomic mass is 79.9. The van der Waals surface area contributed by atoms with Crippen LogP contribution in [-0.4, -0.2) is 17.0 Å². The van der Waals surface area contributed by atoms with Crippen molar-refractivity contribution >= 4 is 15.9 Å². The van der Waals surface area contributed by atoms with E-state index < -0.39 is 0 Å². The summed E-state index contributed by atoms with van der Waals surface area (Å²) in [6.45, 7) is 0.374. The Hall–Kier alpha value is 0.440. The predicted molar refractivity (Wildman–Crippen MR) is 159 cm³/mol. The average molecular weight is 546 g/mol. The number of unbranched alkanes of at least 4 members (excludes halogenated alkanes) is 29. The van der Waals surface area contributed by atoms with Crippen LogP contribution in [0.25, 0.3) is 0 Å². The van der Waals surface area contributed by atoms with Gasteiger partial charge in [0.15, 0.2) is 0 Å². The third-order valence-electron chi connectivity index (χ3n) is 7.54. The van der Waals surface area contributed by atoms with Crippen LogP contribution in [0, 0.1) is 0 Å². The van der Waals surface area contributed by atoms with E-state index in [2.05, 4.69) is 15.9 Å². The molecular weight excluding hydrogens is 480 g/mol. The molecule has 0 unspecified atom stereocenters. The van der Waals surface area contributed by atoms with Crippen LogP contribution in [0.2, 0.25) is 0 Å². The van der Waals surface area contributed by atoms with Gasteiger partial charge in [-0.2, -0.15) is 0 Å². The fraction of sp³-hybridized carbons (Fsp3) is 1.00. The van der Waals surface area contributed by atoms with Gasteiger partial charge in [0, 0.05) is 11.9 Å². The van der Waals surface area contributed by atoms with E-state index in [4.69, 9.17) is 5.11 Å². The maximum Gasteiger partial charge on any atom is 0.0431 e. The molecule has 34 heavy (non-hydrogen) atoms. The fourth-order valence-electron chi connectivity index (χ4n) is 5.16. The summed E-state index contributed by atoms with van der Waals surface area (Å²) >= 11 is 3.52. The van der Waals surface area contributed by atoms with Crippen molar-refractivity contribution in [3.05, 3.63) is 0 Å². The maximum atomic E-state index is 8.77. The third-order valence-corrected chi connectivity index (χ3v) is 8.10. The second-order valence-corrected chi connectivity index (χ2v) is 11.8. The summed E-state index contributed by atoms with van der Waals surface area (Å²) in [4.78, 5) is 0. The van der Waals surface area contributed by atoms with Crippen molar-refractivity contribution in [2.24, 2.45) is 0 Å². The van der Waals surface area contributed by atoms with Gasteiger partial charge in [0.2, 0.25) is 0 Å². The van der Waals surface area contributed by atoms with Gasteiger partial charge in [0.25, 0.3) is 0 Å². The summed E-state index contributed by atoms with van der Waals surface area (Å²) in [5.74, 6) is 0. The number of alkyl halides is 1. The fourth-order valence-corrected chi connectivity index (χ4v) is 5.55. The summed E-state index contributed by atoms with van der Waals surface area (Å²) in [6, 6.07) is 0. The van der Waals surface area contributed by atoms with Crippen LogP contribution in [0.15, 0.2) is 0 Å². The SMILES string of the molecule is OCCCCCCCCCCCCCCCCCCCCCCCCCCCCCCCCBr. The van der Waals surface area contributed by atoms with Gasteiger partial charge in [-0.1, -0.05) is 196 Å². The largest absolute Gasteiger partial charge is 0.396 e. The van der Waals surface area contributed by atoms with Crippen LogP contribution in [0.5, 0.6) is 0 Å². The van der Waals surface area contributed by atoms with E-state index in [1.54, 1.807) is 0 Å². The molecule has 0 amide bonds. The lowest BCUT2D eigenvalue weighted by Crippen LogP contribution is -1.85. The van der Waals surface area contributed by atoms with Crippen molar-refractivity contribution in [3.63, 3.8) is 0 Å². The first-order valence-electron chi connectivity index (χ1n) is 16.1. The molecule has 0 heterocycles. The Balaban J connectivity index is 2.99. The lowest BCUT2D eigenvalue weighted by Gasteiger charge is -2.04. The molecular formula is C32H65BrO. The van der Waals surface area contributed by atoms with Gasteiger partial charge >= 0.3 is 0 Å². The van der Waals surface area contributed by atoms with Crippen LogP contribution in [0.4, 0.5) is 0 Å². The number of aliphatic hydroxyl groups excluding tert-OH is 1. The highest BCUT2D eigenvalue weighted by molar-refractivity contribution is 9.09. The molecule has 0 saturated heterocycles. The minimum absolute atomic E-state index is 0.374. The van der Waals surface area contributed by atoms with Gasteiger partial charge < -0.3 is 5.11 Å². The Morgan fingerprint density at radius 3 is 0.529 bits per heavy atom. The van der Waals surface area contributed by atoms with Gasteiger partial charge in [-0.3, -0.25) is 0 Å². The smallest absolute Gasteiger partial charge is 0.0431 e. The van der Waals surface area contributed by atoms with Crippen LogP contribution < -0.4 is 0 Å². The summed E-state index contributed by atoms with van der Waals surface area (Å²) in [6.07, 6.45) is 42.9. The first kappa shape index (κ1) is 34.4. The minimum atomic E-state index is 0.374. The van der Waals surface area contributed by atoms with Gasteiger partial charge in [-0.05, 0) is 12.8 Å². The van der Waals surface area contributed by atoms with Gasteiger partial charge in [-0.15, -0.1) is 0 Å². The molecule has 2 heteroatoms. The van der Waals surface area contributed by atoms with E-state index in [1.807, 2.05) is 0 Å². The van der Waals surface area contributed by atoms with Crippen molar-refractivity contribution in [2.75, 3.05) is 11.9 Å². The predicted octanol–water partition coefficient (Wildman–Crippen LogP) is 12.1. The van der Waals surface area contributed by atoms with E-state index in [9.17, 15) is 0 Å². The standard InChI is InChI=1S/C32H65BrO/c33-31-29-27-25-23-21-19-17-15-13-11-9-7-5-3-1-2-4-6-8-10-12-14-16-18-20-22-24-26-28-30-32-34/h34H,1-32H2. The lowest BCUT2D eigenvalue weighted by atomic mass is 10.0. The summed E-state index contributed by atoms with van der Waals surface area (Å²) in [5, 5.41) is 9.95. The van der Waals surface area contributed by atoms with E-state index in [-0.39, 0.29) is 0 Å². The molecule has 1 nitrogen and oxygen atoms in total. The molecule has 206 valence electrons. The molecule has 0 radical (unpaired) electrons. The van der Waals surface area contributed by atoms with Crippen molar-refractivity contribution in [3.8, 4) is 0 Å². The third kappa shape index (κ3) is 32.4. The number of rotatable bonds is 31. The molecule has 0 aliphatic carbocycles. The molecule has 0 aromatic carbocycles. The zero-order valence-corrected chi connectivity index (χ0v) is 25.0. The lowest BCUT2D eigenvalue weighted by molar-refractivity contribution is 0.282. The van der Waals surface area contributed by atoms with Crippen LogP contribution in [0.1, 0.15) is 193 Å². The highest BCUT2D eigenvalue weighted by Gasteiger charge is 1.97. The topological polar surface area (TPSA) is 20.2 Å². The molecule has 0 aliphatic heterocycles. The maximum absolute atomic E-state index is 8.77. The second-order valence-electron chi connectivity index (χ2n) is 11.0. The van der Waals surface area contributed by atoms with Gasteiger partial charge in [0.1, 0.15) is 0 Å². The van der Waals surface area contributed by atoms with Gasteiger partial charge in [-0.25, -0.2) is 0 Å². The normalized spacial score (nSPS) is 11.5. The molecule has 0 fully saturated rings. The molecule has 0 atom stereocenters. The molecule has 0 aromatic rings. The number of hydrogen-bond donors (Lipinski definition) is 1. The first-order valence-corrected chi connectivity index (χ1v) is 17.2. The quantitative estimate of drug-likeness (QED) is 0.0678. The Kier molecular flexibility index (Phi) is 33.9. The molecule has 0 bridgehead atoms. The molecule has 0 spiro atoms. The minimum Gasteiger partial charge on any atom is -0.396 e. The van der Waals surface area contributed by atoms with Crippen molar-refractivity contribution in [2.45, 2.75) is 193 Å². The Morgan fingerprint density at radius 2 is 0.382 bits per heavy atom. The zero-order valence-electron chi connectivity index (χ0n) is 23.5. The summed E-state index contributed by atoms with van der Waals surface area (Å²) < 4.78 is 0. The molecule has 0 aliphatic rings. The summed E-state index contributed by atoms with van der Waals surface area (Å²) in [7, 11) is 0. The van der Waals surface area contributed by atoms with Crippen LogP contribution in [0.3, 0.4) is 0 Å². The van der Waals surface area contributed by atoms with Crippen molar-refractivity contribution in [1.82, 2.24) is 0 Å². The average Bonchev–Trinajstić information content (AvgIpc) is 2.85. The van der Waals surface area contributed by atoms with Gasteiger partial charge in [0.05, 0.1) is 0 Å². The van der Waals surface area contributed by atoms with E-state index in [1.165, 1.54) is 192 Å². The number of halogens is 1. The monoisotopic (exact) mass is 544 g/mol. The number of hydrogen-bond acceptors (Lipinski definition) is 1. The Labute approximate surface area is 225 Å². The molecule has 0 aromatic heterocycles. The number of aliphatic hydroxyl groups is 1. The molecule has 1 N–H and O–H groups in total. The van der Waals surface area contributed by atoms with Crippen molar-refractivity contribution < 1.29 is 5.11 Å². The Bertz CT molecular complexity index is 301. The summed E-state index contributed by atoms with van der Waals surface area (Å²) in [5.41, 5.74) is 0. The first-order chi connectivity index (χ1) is 16.9. The van der Waals surface area contributed by atoms with E-state index in [0.717, 1.165) is 6.42 Å². The van der Waals surface area contributed by atoms with Crippen LogP contribution in [-0.2, 0) is 0 Å². The second kappa shape index (κ2) is 33.4. The highest BCUT2D eigenvalue weighted by Crippen LogP contribution is 2.16.